The molecule has 19 heavy (non-hydrogen) atoms. The predicted octanol–water partition coefficient (Wildman–Crippen LogP) is 2.53. The van der Waals surface area contributed by atoms with Gasteiger partial charge in [0.25, 0.3) is 0 Å². The Balaban J connectivity index is 2.16. The van der Waals surface area contributed by atoms with Gasteiger partial charge in [0, 0.05) is 18.7 Å². The number of rotatable bonds is 9. The third-order valence-electron chi connectivity index (χ3n) is 2.69. The molecule has 0 aromatic heterocycles. The van der Waals surface area contributed by atoms with Crippen LogP contribution in [0.25, 0.3) is 0 Å². The van der Waals surface area contributed by atoms with E-state index in [-0.39, 0.29) is 12.3 Å². The molecule has 104 valence electrons. The molecule has 0 fully saturated rings. The van der Waals surface area contributed by atoms with E-state index >= 15 is 0 Å². The molecule has 0 aliphatic rings. The molecule has 2 N–H and O–H groups in total. The number of carbonyl (C=O) groups is 1. The Morgan fingerprint density at radius 3 is 2.74 bits per heavy atom. The minimum absolute atomic E-state index is 0.0251. The van der Waals surface area contributed by atoms with Crippen molar-refractivity contribution < 1.29 is 19.8 Å². The van der Waals surface area contributed by atoms with Gasteiger partial charge in [-0.05, 0) is 18.4 Å². The van der Waals surface area contributed by atoms with Gasteiger partial charge in [0.15, 0.2) is 0 Å². The zero-order chi connectivity index (χ0) is 13.9. The molecule has 0 saturated heterocycles. The van der Waals surface area contributed by atoms with Crippen LogP contribution in [0.1, 0.15) is 24.8 Å². The SMILES string of the molecule is O=C(O)CC(C=NO)CCCOCc1ccccc1. The lowest BCUT2D eigenvalue weighted by atomic mass is 10.0. The van der Waals surface area contributed by atoms with Crippen LogP contribution in [0.5, 0.6) is 0 Å². The van der Waals surface area contributed by atoms with Crippen LogP contribution in [-0.4, -0.2) is 29.1 Å². The highest BCUT2D eigenvalue weighted by Crippen LogP contribution is 2.10. The first-order valence-corrected chi connectivity index (χ1v) is 6.23. The summed E-state index contributed by atoms with van der Waals surface area (Å²) in [5.74, 6) is -1.14. The van der Waals surface area contributed by atoms with Crippen LogP contribution in [-0.2, 0) is 16.1 Å². The molecule has 1 aromatic carbocycles. The zero-order valence-corrected chi connectivity index (χ0v) is 10.7. The molecule has 5 nitrogen and oxygen atoms in total. The Morgan fingerprint density at radius 1 is 1.37 bits per heavy atom. The van der Waals surface area contributed by atoms with Gasteiger partial charge in [0.2, 0.25) is 0 Å². The molecule has 0 aliphatic heterocycles. The van der Waals surface area contributed by atoms with Crippen LogP contribution in [0.15, 0.2) is 35.5 Å². The minimum atomic E-state index is -0.893. The largest absolute Gasteiger partial charge is 0.481 e. The molecule has 1 atom stereocenters. The number of ether oxygens (including phenoxy) is 1. The molecule has 0 bridgehead atoms. The van der Waals surface area contributed by atoms with Crippen molar-refractivity contribution in [2.45, 2.75) is 25.9 Å². The van der Waals surface area contributed by atoms with Crippen molar-refractivity contribution >= 4 is 12.2 Å². The highest BCUT2D eigenvalue weighted by molar-refractivity contribution is 5.73. The summed E-state index contributed by atoms with van der Waals surface area (Å²) in [5.41, 5.74) is 1.11. The second-order valence-corrected chi connectivity index (χ2v) is 4.30. The van der Waals surface area contributed by atoms with E-state index in [0.29, 0.717) is 19.6 Å². The normalized spacial score (nSPS) is 12.6. The van der Waals surface area contributed by atoms with Crippen LogP contribution in [0.4, 0.5) is 0 Å². The van der Waals surface area contributed by atoms with Crippen LogP contribution in [0.2, 0.25) is 0 Å². The van der Waals surface area contributed by atoms with E-state index in [4.69, 9.17) is 15.1 Å². The van der Waals surface area contributed by atoms with Crippen molar-refractivity contribution in [3.8, 4) is 0 Å². The van der Waals surface area contributed by atoms with E-state index in [1.165, 1.54) is 6.21 Å². The molecule has 1 aromatic rings. The highest BCUT2D eigenvalue weighted by Gasteiger charge is 2.10. The van der Waals surface area contributed by atoms with Gasteiger partial charge in [0.05, 0.1) is 13.0 Å². The monoisotopic (exact) mass is 265 g/mol. The van der Waals surface area contributed by atoms with Crippen molar-refractivity contribution in [2.75, 3.05) is 6.61 Å². The summed E-state index contributed by atoms with van der Waals surface area (Å²) >= 11 is 0. The third kappa shape index (κ3) is 7.21. The number of hydrogen-bond donors (Lipinski definition) is 2. The minimum Gasteiger partial charge on any atom is -0.481 e. The van der Waals surface area contributed by atoms with E-state index in [9.17, 15) is 4.79 Å². The fourth-order valence-corrected chi connectivity index (χ4v) is 1.76. The Hall–Kier alpha value is -1.88. The molecular formula is C14H19NO4. The first-order valence-electron chi connectivity index (χ1n) is 6.23. The smallest absolute Gasteiger partial charge is 0.304 e. The van der Waals surface area contributed by atoms with Gasteiger partial charge in [-0.3, -0.25) is 4.79 Å². The molecule has 0 saturated carbocycles. The number of nitrogens with zero attached hydrogens (tertiary/aromatic N) is 1. The predicted molar refractivity (Wildman–Crippen MR) is 71.4 cm³/mol. The summed E-state index contributed by atoms with van der Waals surface area (Å²) in [6.07, 6.45) is 2.61. The average Bonchev–Trinajstić information content (AvgIpc) is 2.39. The number of aliphatic carboxylic acids is 1. The standard InChI is InChI=1S/C14H19NO4/c16-14(17)9-13(10-15-18)7-4-8-19-11-12-5-2-1-3-6-12/h1-3,5-6,10,13,18H,4,7-9,11H2,(H,16,17). The molecule has 5 heteroatoms. The Bertz CT molecular complexity index is 392. The summed E-state index contributed by atoms with van der Waals surface area (Å²) in [5, 5.41) is 20.0. The summed E-state index contributed by atoms with van der Waals surface area (Å²) in [6, 6.07) is 9.85. The number of benzene rings is 1. The summed E-state index contributed by atoms with van der Waals surface area (Å²) in [4.78, 5) is 10.6. The summed E-state index contributed by atoms with van der Waals surface area (Å²) in [7, 11) is 0. The zero-order valence-electron chi connectivity index (χ0n) is 10.7. The van der Waals surface area contributed by atoms with Crippen LogP contribution in [0.3, 0.4) is 0 Å². The van der Waals surface area contributed by atoms with Crippen molar-refractivity contribution in [3.05, 3.63) is 35.9 Å². The van der Waals surface area contributed by atoms with Crippen LogP contribution in [0, 0.1) is 5.92 Å². The van der Waals surface area contributed by atoms with Crippen LogP contribution < -0.4 is 0 Å². The number of hydrogen-bond acceptors (Lipinski definition) is 4. The fraction of sp³-hybridized carbons (Fsp3) is 0.429. The molecule has 0 amide bonds. The fourth-order valence-electron chi connectivity index (χ4n) is 1.76. The van der Waals surface area contributed by atoms with E-state index < -0.39 is 5.97 Å². The van der Waals surface area contributed by atoms with Crippen molar-refractivity contribution in [2.24, 2.45) is 11.1 Å². The Kier molecular flexibility index (Phi) is 7.27. The lowest BCUT2D eigenvalue weighted by Crippen LogP contribution is -2.10. The average molecular weight is 265 g/mol. The lowest BCUT2D eigenvalue weighted by molar-refractivity contribution is -0.137. The molecule has 0 radical (unpaired) electrons. The van der Waals surface area contributed by atoms with E-state index in [2.05, 4.69) is 5.16 Å². The van der Waals surface area contributed by atoms with Gasteiger partial charge in [-0.1, -0.05) is 30.3 Å². The van der Waals surface area contributed by atoms with Gasteiger partial charge >= 0.3 is 5.97 Å². The molecular weight excluding hydrogens is 246 g/mol. The highest BCUT2D eigenvalue weighted by atomic mass is 16.5. The van der Waals surface area contributed by atoms with E-state index in [0.717, 1.165) is 12.0 Å². The van der Waals surface area contributed by atoms with Crippen LogP contribution >= 0.6 is 0 Å². The Labute approximate surface area is 112 Å². The van der Waals surface area contributed by atoms with E-state index in [1.54, 1.807) is 0 Å². The molecule has 0 aliphatic carbocycles. The van der Waals surface area contributed by atoms with Gasteiger partial charge in [0.1, 0.15) is 0 Å². The maximum absolute atomic E-state index is 10.6. The van der Waals surface area contributed by atoms with Crippen molar-refractivity contribution in [1.82, 2.24) is 0 Å². The quantitative estimate of drug-likeness (QED) is 0.311. The molecule has 1 unspecified atom stereocenters. The maximum atomic E-state index is 10.6. The van der Waals surface area contributed by atoms with E-state index in [1.807, 2.05) is 30.3 Å². The van der Waals surface area contributed by atoms with Crippen molar-refractivity contribution in [3.63, 3.8) is 0 Å². The molecule has 0 spiro atoms. The lowest BCUT2D eigenvalue weighted by Gasteiger charge is -2.09. The summed E-state index contributed by atoms with van der Waals surface area (Å²) in [6.45, 7) is 1.11. The Morgan fingerprint density at radius 2 is 2.11 bits per heavy atom. The first-order chi connectivity index (χ1) is 9.22. The first kappa shape index (κ1) is 15.2. The van der Waals surface area contributed by atoms with Crippen molar-refractivity contribution in [1.29, 1.82) is 0 Å². The van der Waals surface area contributed by atoms with Gasteiger partial charge in [-0.25, -0.2) is 0 Å². The number of oxime groups is 1. The topological polar surface area (TPSA) is 79.1 Å². The second kappa shape index (κ2) is 9.10. The summed E-state index contributed by atoms with van der Waals surface area (Å²) < 4.78 is 5.50. The van der Waals surface area contributed by atoms with Gasteiger partial charge < -0.3 is 15.1 Å². The molecule has 0 heterocycles. The second-order valence-electron chi connectivity index (χ2n) is 4.30. The number of carboxylic acid groups (broad SMARTS) is 1. The number of carboxylic acids is 1. The van der Waals surface area contributed by atoms with Gasteiger partial charge in [-0.2, -0.15) is 0 Å². The van der Waals surface area contributed by atoms with Gasteiger partial charge in [-0.15, -0.1) is 5.16 Å². The third-order valence-corrected chi connectivity index (χ3v) is 2.69. The maximum Gasteiger partial charge on any atom is 0.304 e. The molecule has 1 rings (SSSR count).